The second kappa shape index (κ2) is 0.970. The first-order valence-electron chi connectivity index (χ1n) is 2.90. The molecule has 8 heavy (non-hydrogen) atoms. The molecule has 0 bridgehead atoms. The maximum absolute atomic E-state index is 2.27. The molecule has 1 atom stereocenters. The van der Waals surface area contributed by atoms with E-state index in [0.29, 0.717) is 5.41 Å². The predicted octanol–water partition coefficient (Wildman–Crippen LogP) is 2.06. The van der Waals surface area contributed by atoms with Crippen LogP contribution in [0.25, 0.3) is 0 Å². The molecule has 40 valence electrons. The Labute approximate surface area is 49.2 Å². The average molecular weight is 104 g/mol. The highest BCUT2D eigenvalue weighted by Crippen LogP contribution is 2.47. The van der Waals surface area contributed by atoms with Crippen LogP contribution in [0, 0.1) is 5.41 Å². The molecule has 0 aromatic carbocycles. The number of fused-ring (bicyclic) bond motifs is 1. The predicted molar refractivity (Wildman–Crippen MR) is 34.5 cm³/mol. The van der Waals surface area contributed by atoms with Crippen molar-refractivity contribution in [1.29, 1.82) is 0 Å². The van der Waals surface area contributed by atoms with Crippen LogP contribution in [0.15, 0.2) is 36.0 Å². The van der Waals surface area contributed by atoms with E-state index in [1.54, 1.807) is 0 Å². The van der Waals surface area contributed by atoms with E-state index in [1.165, 1.54) is 5.57 Å². The molecule has 0 saturated heterocycles. The van der Waals surface area contributed by atoms with Crippen molar-refractivity contribution in [2.45, 2.75) is 6.92 Å². The first-order valence-corrected chi connectivity index (χ1v) is 2.90. The number of rotatable bonds is 0. The Morgan fingerprint density at radius 2 is 2.25 bits per heavy atom. The van der Waals surface area contributed by atoms with Gasteiger partial charge in [0, 0.05) is 5.41 Å². The molecule has 0 spiro atoms. The van der Waals surface area contributed by atoms with Gasteiger partial charge in [0.25, 0.3) is 0 Å². The van der Waals surface area contributed by atoms with E-state index in [-0.39, 0.29) is 0 Å². The Morgan fingerprint density at radius 3 is 2.75 bits per heavy atom. The molecular formula is C8H8. The molecule has 0 fully saturated rings. The van der Waals surface area contributed by atoms with Crippen LogP contribution in [0.2, 0.25) is 0 Å². The summed E-state index contributed by atoms with van der Waals surface area (Å²) in [6.07, 6.45) is 10.9. The van der Waals surface area contributed by atoms with Crippen molar-refractivity contribution in [3.63, 3.8) is 0 Å². The van der Waals surface area contributed by atoms with Crippen LogP contribution in [0.5, 0.6) is 0 Å². The number of allylic oxidation sites excluding steroid dienone is 6. The summed E-state index contributed by atoms with van der Waals surface area (Å²) in [7, 11) is 0. The van der Waals surface area contributed by atoms with E-state index in [4.69, 9.17) is 0 Å². The first kappa shape index (κ1) is 4.13. The van der Waals surface area contributed by atoms with E-state index < -0.39 is 0 Å². The molecule has 2 aliphatic rings. The molecule has 0 heteroatoms. The van der Waals surface area contributed by atoms with Crippen LogP contribution >= 0.6 is 0 Å². The van der Waals surface area contributed by atoms with Gasteiger partial charge in [-0.25, -0.2) is 0 Å². The van der Waals surface area contributed by atoms with Gasteiger partial charge in [-0.1, -0.05) is 30.4 Å². The van der Waals surface area contributed by atoms with Crippen LogP contribution < -0.4 is 0 Å². The van der Waals surface area contributed by atoms with Crippen molar-refractivity contribution >= 4 is 0 Å². The monoisotopic (exact) mass is 104 g/mol. The summed E-state index contributed by atoms with van der Waals surface area (Å²) < 4.78 is 0. The molecule has 2 rings (SSSR count). The third-order valence-electron chi connectivity index (χ3n) is 1.82. The van der Waals surface area contributed by atoms with Gasteiger partial charge in [0.15, 0.2) is 0 Å². The van der Waals surface area contributed by atoms with E-state index in [9.17, 15) is 0 Å². The highest BCUT2D eigenvalue weighted by Gasteiger charge is 2.35. The van der Waals surface area contributed by atoms with Gasteiger partial charge in [-0.05, 0) is 12.5 Å². The van der Waals surface area contributed by atoms with Gasteiger partial charge in [0.05, 0.1) is 0 Å². The van der Waals surface area contributed by atoms with Crippen LogP contribution in [0.1, 0.15) is 6.92 Å². The normalized spacial score (nSPS) is 38.9. The lowest BCUT2D eigenvalue weighted by Crippen LogP contribution is -1.93. The van der Waals surface area contributed by atoms with Crippen molar-refractivity contribution in [2.24, 2.45) is 5.41 Å². The van der Waals surface area contributed by atoms with Crippen LogP contribution in [0.3, 0.4) is 0 Å². The fourth-order valence-electron chi connectivity index (χ4n) is 1.07. The van der Waals surface area contributed by atoms with Crippen LogP contribution in [-0.4, -0.2) is 0 Å². The van der Waals surface area contributed by atoms with Gasteiger partial charge in [0.2, 0.25) is 0 Å². The minimum Gasteiger partial charge on any atom is -0.0705 e. The van der Waals surface area contributed by atoms with Crippen molar-refractivity contribution in [3.05, 3.63) is 36.0 Å². The summed E-state index contributed by atoms with van der Waals surface area (Å²) in [6.45, 7) is 2.22. The SMILES string of the molecule is C[C@@]12C=CC=CC1=C2. The molecule has 2 aliphatic carbocycles. The van der Waals surface area contributed by atoms with E-state index in [0.717, 1.165) is 0 Å². The molecule has 0 saturated carbocycles. The molecule has 0 radical (unpaired) electrons. The minimum atomic E-state index is 0.370. The summed E-state index contributed by atoms with van der Waals surface area (Å²) in [6, 6.07) is 0. The van der Waals surface area contributed by atoms with Crippen molar-refractivity contribution in [2.75, 3.05) is 0 Å². The van der Waals surface area contributed by atoms with Gasteiger partial charge < -0.3 is 0 Å². The Hall–Kier alpha value is -0.780. The molecule has 0 unspecified atom stereocenters. The second-order valence-corrected chi connectivity index (χ2v) is 2.60. The summed E-state index contributed by atoms with van der Waals surface area (Å²) in [5.41, 5.74) is 1.84. The van der Waals surface area contributed by atoms with Gasteiger partial charge in [-0.3, -0.25) is 0 Å². The van der Waals surface area contributed by atoms with Crippen molar-refractivity contribution in [1.82, 2.24) is 0 Å². The fourth-order valence-corrected chi connectivity index (χ4v) is 1.07. The van der Waals surface area contributed by atoms with Gasteiger partial charge in [-0.15, -0.1) is 0 Å². The molecule has 0 aromatic heterocycles. The Balaban J connectivity index is 2.40. The maximum Gasteiger partial charge on any atom is 0.0290 e. The molecule has 0 nitrogen and oxygen atoms in total. The fraction of sp³-hybridized carbons (Fsp3) is 0.250. The van der Waals surface area contributed by atoms with Crippen LogP contribution in [0.4, 0.5) is 0 Å². The summed E-state index contributed by atoms with van der Waals surface area (Å²) in [4.78, 5) is 0. The Morgan fingerprint density at radius 1 is 1.38 bits per heavy atom. The molecule has 0 aliphatic heterocycles. The highest BCUT2D eigenvalue weighted by atomic mass is 14.4. The molecule has 0 aromatic rings. The Kier molecular flexibility index (Phi) is 0.501. The van der Waals surface area contributed by atoms with Gasteiger partial charge in [-0.2, -0.15) is 0 Å². The summed E-state index contributed by atoms with van der Waals surface area (Å²) in [5, 5.41) is 0. The lowest BCUT2D eigenvalue weighted by Gasteiger charge is -2.04. The quantitative estimate of drug-likeness (QED) is 0.441. The first-order chi connectivity index (χ1) is 3.81. The summed E-state index contributed by atoms with van der Waals surface area (Å²) in [5.74, 6) is 0. The van der Waals surface area contributed by atoms with Gasteiger partial charge >= 0.3 is 0 Å². The summed E-state index contributed by atoms with van der Waals surface area (Å²) >= 11 is 0. The van der Waals surface area contributed by atoms with Gasteiger partial charge in [0.1, 0.15) is 0 Å². The zero-order valence-corrected chi connectivity index (χ0v) is 4.89. The zero-order valence-electron chi connectivity index (χ0n) is 4.89. The van der Waals surface area contributed by atoms with E-state index in [1.807, 2.05) is 0 Å². The van der Waals surface area contributed by atoms with E-state index in [2.05, 4.69) is 37.3 Å². The van der Waals surface area contributed by atoms with Crippen LogP contribution in [-0.2, 0) is 0 Å². The smallest absolute Gasteiger partial charge is 0.0290 e. The largest absolute Gasteiger partial charge is 0.0705 e. The average Bonchev–Trinajstić information content (AvgIpc) is 2.39. The minimum absolute atomic E-state index is 0.370. The molecule has 0 heterocycles. The maximum atomic E-state index is 2.27. The lowest BCUT2D eigenvalue weighted by molar-refractivity contribution is 0.807. The molecular weight excluding hydrogens is 96.1 g/mol. The third-order valence-corrected chi connectivity index (χ3v) is 1.82. The number of hydrogen-bond acceptors (Lipinski definition) is 0. The molecule has 0 N–H and O–H groups in total. The second-order valence-electron chi connectivity index (χ2n) is 2.60. The van der Waals surface area contributed by atoms with Crippen molar-refractivity contribution in [3.8, 4) is 0 Å². The topological polar surface area (TPSA) is 0 Å². The third kappa shape index (κ3) is 0.353. The number of hydrogen-bond donors (Lipinski definition) is 0. The highest BCUT2D eigenvalue weighted by molar-refractivity contribution is 5.54. The standard InChI is InChI=1S/C8H8/c1-8-5-3-2-4-7(8)6-8/h2-6H,1H3/t8-/m0/s1. The van der Waals surface area contributed by atoms with Crippen molar-refractivity contribution < 1.29 is 0 Å². The van der Waals surface area contributed by atoms with E-state index >= 15 is 0 Å². The lowest BCUT2D eigenvalue weighted by atomic mass is 10.00. The zero-order chi connectivity index (χ0) is 5.61. The molecule has 0 amide bonds. The Bertz CT molecular complexity index is 206.